The van der Waals surface area contributed by atoms with E-state index in [4.69, 9.17) is 10.5 Å². The van der Waals surface area contributed by atoms with E-state index >= 15 is 0 Å². The van der Waals surface area contributed by atoms with Gasteiger partial charge in [0.2, 0.25) is 5.91 Å². The molecule has 0 aliphatic carbocycles. The number of unbranched alkanes of at least 4 members (excludes halogenated alkanes) is 1. The van der Waals surface area contributed by atoms with Gasteiger partial charge in [-0.2, -0.15) is 0 Å². The summed E-state index contributed by atoms with van der Waals surface area (Å²) in [6.07, 6.45) is 4.92. The summed E-state index contributed by atoms with van der Waals surface area (Å²) < 4.78 is 5.18. The smallest absolute Gasteiger partial charge is 0.306 e. The lowest BCUT2D eigenvalue weighted by atomic mass is 9.99. The minimum absolute atomic E-state index is 0. The SMILES string of the molecule is CCCCOC(=O)CC(CCC)CN[C@@H](CC)C(N)=O.Cl. The zero-order chi connectivity index (χ0) is 15.4. The third kappa shape index (κ3) is 11.5. The molecule has 0 fully saturated rings. The minimum Gasteiger partial charge on any atom is -0.466 e. The summed E-state index contributed by atoms with van der Waals surface area (Å²) >= 11 is 0. The third-order valence-electron chi connectivity index (χ3n) is 3.32. The summed E-state index contributed by atoms with van der Waals surface area (Å²) in [5, 5.41) is 3.14. The van der Waals surface area contributed by atoms with Crippen molar-refractivity contribution < 1.29 is 14.3 Å². The molecule has 0 saturated heterocycles. The van der Waals surface area contributed by atoms with E-state index in [1.807, 2.05) is 6.92 Å². The summed E-state index contributed by atoms with van der Waals surface area (Å²) in [6, 6.07) is -0.314. The van der Waals surface area contributed by atoms with Gasteiger partial charge in [0.1, 0.15) is 0 Å². The molecule has 21 heavy (non-hydrogen) atoms. The molecule has 1 unspecified atom stereocenters. The number of primary amides is 1. The van der Waals surface area contributed by atoms with Crippen molar-refractivity contribution >= 4 is 24.3 Å². The van der Waals surface area contributed by atoms with Crippen molar-refractivity contribution in [2.75, 3.05) is 13.2 Å². The molecule has 1 amide bonds. The minimum atomic E-state index is -0.340. The Morgan fingerprint density at radius 2 is 1.86 bits per heavy atom. The first kappa shape index (κ1) is 22.5. The monoisotopic (exact) mass is 322 g/mol. The highest BCUT2D eigenvalue weighted by molar-refractivity contribution is 5.85. The van der Waals surface area contributed by atoms with Crippen LogP contribution in [0.2, 0.25) is 0 Å². The second-order valence-electron chi connectivity index (χ2n) is 5.20. The van der Waals surface area contributed by atoms with Crippen LogP contribution < -0.4 is 11.1 Å². The topological polar surface area (TPSA) is 81.4 Å². The van der Waals surface area contributed by atoms with Gasteiger partial charge in [-0.3, -0.25) is 9.59 Å². The molecule has 0 spiro atoms. The molecule has 0 aromatic heterocycles. The largest absolute Gasteiger partial charge is 0.466 e. The second kappa shape index (κ2) is 14.1. The van der Waals surface area contributed by atoms with E-state index in [0.29, 0.717) is 26.0 Å². The number of carbonyl (C=O) groups excluding carboxylic acids is 2. The highest BCUT2D eigenvalue weighted by Gasteiger charge is 2.18. The van der Waals surface area contributed by atoms with Crippen LogP contribution in [0, 0.1) is 5.92 Å². The average Bonchev–Trinajstić information content (AvgIpc) is 2.39. The van der Waals surface area contributed by atoms with E-state index in [0.717, 1.165) is 25.7 Å². The normalized spacial score (nSPS) is 13.1. The molecule has 2 atom stereocenters. The lowest BCUT2D eigenvalue weighted by Gasteiger charge is -2.19. The lowest BCUT2D eigenvalue weighted by Crippen LogP contribution is -2.43. The van der Waals surface area contributed by atoms with Gasteiger partial charge in [-0.05, 0) is 31.7 Å². The van der Waals surface area contributed by atoms with Crippen molar-refractivity contribution in [3.05, 3.63) is 0 Å². The Morgan fingerprint density at radius 3 is 2.33 bits per heavy atom. The lowest BCUT2D eigenvalue weighted by molar-refractivity contribution is -0.144. The molecule has 0 heterocycles. The number of esters is 1. The first-order valence-corrected chi connectivity index (χ1v) is 7.73. The standard InChI is InChI=1S/C15H30N2O3.ClH/c1-4-7-9-20-14(18)10-12(8-5-2)11-17-13(6-3)15(16)19;/h12-13,17H,4-11H2,1-3H3,(H2,16,19);1H/t12?,13-;/m0./s1. The van der Waals surface area contributed by atoms with Crippen LogP contribution in [-0.2, 0) is 14.3 Å². The first-order chi connectivity index (χ1) is 9.54. The molecule has 6 heteroatoms. The Morgan fingerprint density at radius 1 is 1.19 bits per heavy atom. The summed E-state index contributed by atoms with van der Waals surface area (Å²) in [7, 11) is 0. The van der Waals surface area contributed by atoms with Gasteiger partial charge in [-0.15, -0.1) is 12.4 Å². The van der Waals surface area contributed by atoms with E-state index in [-0.39, 0.29) is 36.2 Å². The van der Waals surface area contributed by atoms with Crippen LogP contribution in [0.1, 0.15) is 59.3 Å². The quantitative estimate of drug-likeness (QED) is 0.427. The Labute approximate surface area is 134 Å². The fraction of sp³-hybridized carbons (Fsp3) is 0.867. The van der Waals surface area contributed by atoms with Gasteiger partial charge in [0.05, 0.1) is 12.6 Å². The summed E-state index contributed by atoms with van der Waals surface area (Å²) in [4.78, 5) is 22.9. The first-order valence-electron chi connectivity index (χ1n) is 7.73. The van der Waals surface area contributed by atoms with Crippen molar-refractivity contribution in [3.63, 3.8) is 0 Å². The van der Waals surface area contributed by atoms with E-state index in [9.17, 15) is 9.59 Å². The zero-order valence-electron chi connectivity index (χ0n) is 13.5. The van der Waals surface area contributed by atoms with Crippen molar-refractivity contribution in [2.45, 2.75) is 65.3 Å². The van der Waals surface area contributed by atoms with Crippen molar-refractivity contribution in [1.82, 2.24) is 5.32 Å². The van der Waals surface area contributed by atoms with Crippen LogP contribution in [0.3, 0.4) is 0 Å². The molecule has 3 N–H and O–H groups in total. The van der Waals surface area contributed by atoms with E-state index in [2.05, 4.69) is 19.2 Å². The third-order valence-corrected chi connectivity index (χ3v) is 3.32. The number of nitrogens with two attached hydrogens (primary N) is 1. The van der Waals surface area contributed by atoms with Gasteiger partial charge in [-0.1, -0.05) is 33.6 Å². The molecule has 0 bridgehead atoms. The number of carbonyl (C=O) groups is 2. The molecular weight excluding hydrogens is 292 g/mol. The maximum atomic E-state index is 11.7. The molecule has 0 aromatic carbocycles. The van der Waals surface area contributed by atoms with Crippen molar-refractivity contribution in [3.8, 4) is 0 Å². The highest BCUT2D eigenvalue weighted by Crippen LogP contribution is 2.12. The number of halogens is 1. The molecule has 5 nitrogen and oxygen atoms in total. The van der Waals surface area contributed by atoms with Crippen LogP contribution in [-0.4, -0.2) is 31.1 Å². The van der Waals surface area contributed by atoms with E-state index in [1.54, 1.807) is 0 Å². The molecule has 0 aromatic rings. The molecular formula is C15H31ClN2O3. The summed E-state index contributed by atoms with van der Waals surface area (Å²) in [5.41, 5.74) is 5.30. The fourth-order valence-corrected chi connectivity index (χ4v) is 2.06. The molecule has 0 saturated carbocycles. The Hall–Kier alpha value is -0.810. The number of rotatable bonds is 12. The number of nitrogens with one attached hydrogen (secondary N) is 1. The van der Waals surface area contributed by atoms with Gasteiger partial charge < -0.3 is 15.8 Å². The summed E-state index contributed by atoms with van der Waals surface area (Å²) in [5.74, 6) is -0.290. The molecule has 0 aliphatic rings. The zero-order valence-corrected chi connectivity index (χ0v) is 14.3. The average molecular weight is 323 g/mol. The summed E-state index contributed by atoms with van der Waals surface area (Å²) in [6.45, 7) is 7.18. The van der Waals surface area contributed by atoms with Gasteiger partial charge in [0.25, 0.3) is 0 Å². The number of hydrogen-bond donors (Lipinski definition) is 2. The van der Waals surface area contributed by atoms with Crippen molar-refractivity contribution in [2.24, 2.45) is 11.7 Å². The second-order valence-corrected chi connectivity index (χ2v) is 5.20. The van der Waals surface area contributed by atoms with Crippen LogP contribution in [0.5, 0.6) is 0 Å². The molecule has 0 aliphatic heterocycles. The molecule has 126 valence electrons. The fourth-order valence-electron chi connectivity index (χ4n) is 2.06. The van der Waals surface area contributed by atoms with Crippen LogP contribution >= 0.6 is 12.4 Å². The Balaban J connectivity index is 0. The van der Waals surface area contributed by atoms with Crippen molar-refractivity contribution in [1.29, 1.82) is 0 Å². The number of ether oxygens (including phenoxy) is 1. The van der Waals surface area contributed by atoms with Crippen LogP contribution in [0.25, 0.3) is 0 Å². The van der Waals surface area contributed by atoms with Gasteiger partial charge in [-0.25, -0.2) is 0 Å². The number of hydrogen-bond acceptors (Lipinski definition) is 4. The Bertz CT molecular complexity index is 288. The van der Waals surface area contributed by atoms with Crippen LogP contribution in [0.15, 0.2) is 0 Å². The maximum absolute atomic E-state index is 11.7. The molecule has 0 radical (unpaired) electrons. The van der Waals surface area contributed by atoms with E-state index in [1.165, 1.54) is 0 Å². The Kier molecular flexibility index (Phi) is 15.1. The van der Waals surface area contributed by atoms with Gasteiger partial charge in [0, 0.05) is 6.42 Å². The van der Waals surface area contributed by atoms with Gasteiger partial charge >= 0.3 is 5.97 Å². The number of amides is 1. The maximum Gasteiger partial charge on any atom is 0.306 e. The van der Waals surface area contributed by atoms with E-state index < -0.39 is 0 Å². The van der Waals surface area contributed by atoms with Gasteiger partial charge in [0.15, 0.2) is 0 Å². The van der Waals surface area contributed by atoms with Crippen LogP contribution in [0.4, 0.5) is 0 Å². The molecule has 0 rings (SSSR count). The highest BCUT2D eigenvalue weighted by atomic mass is 35.5. The predicted octanol–water partition coefficient (Wildman–Crippen LogP) is 2.41. The predicted molar refractivity (Wildman–Crippen MR) is 87.4 cm³/mol.